The molecule has 1 amide bonds. The van der Waals surface area contributed by atoms with Gasteiger partial charge in [-0.25, -0.2) is 0 Å². The van der Waals surface area contributed by atoms with Crippen molar-refractivity contribution in [1.29, 1.82) is 0 Å². The fourth-order valence-corrected chi connectivity index (χ4v) is 1.11. The lowest BCUT2D eigenvalue weighted by Gasteiger charge is -2.10. The Labute approximate surface area is 89.3 Å². The second-order valence-corrected chi connectivity index (χ2v) is 3.56. The van der Waals surface area contributed by atoms with Crippen molar-refractivity contribution in [2.24, 2.45) is 7.05 Å². The van der Waals surface area contributed by atoms with Gasteiger partial charge in [-0.15, -0.1) is 5.10 Å². The minimum Gasteiger partial charge on any atom is -0.349 e. The molecule has 0 aromatic carbocycles. The number of hydrogen-bond acceptors (Lipinski definition) is 4. The van der Waals surface area contributed by atoms with E-state index in [1.54, 1.807) is 29.9 Å². The minimum absolute atomic E-state index is 0.130. The molecule has 0 saturated carbocycles. The number of carbonyl (C=O) groups excluding carboxylic acids is 1. The van der Waals surface area contributed by atoms with E-state index in [-0.39, 0.29) is 5.91 Å². The molecule has 6 nitrogen and oxygen atoms in total. The molecule has 1 aromatic rings. The van der Waals surface area contributed by atoms with Gasteiger partial charge in [0.1, 0.15) is 0 Å². The first-order valence-corrected chi connectivity index (χ1v) is 4.85. The Morgan fingerprint density at radius 3 is 2.87 bits per heavy atom. The fourth-order valence-electron chi connectivity index (χ4n) is 1.11. The van der Waals surface area contributed by atoms with E-state index in [9.17, 15) is 4.79 Å². The molecule has 1 rings (SSSR count). The summed E-state index contributed by atoms with van der Waals surface area (Å²) in [6, 6.07) is 0. The number of hydrogen-bond donors (Lipinski definition) is 1. The third-order valence-corrected chi connectivity index (χ3v) is 2.13. The summed E-state index contributed by atoms with van der Waals surface area (Å²) in [5.41, 5.74) is 1.01. The molecule has 0 aliphatic carbocycles. The number of nitrogens with zero attached hydrogens (tertiary/aromatic N) is 4. The molecule has 6 heteroatoms. The fraction of sp³-hybridized carbons (Fsp3) is 0.667. The van der Waals surface area contributed by atoms with Crippen LogP contribution in [0.15, 0.2) is 6.20 Å². The zero-order chi connectivity index (χ0) is 11.3. The lowest BCUT2D eigenvalue weighted by molar-refractivity contribution is -0.128. The molecule has 0 aliphatic rings. The monoisotopic (exact) mass is 211 g/mol. The van der Waals surface area contributed by atoms with Gasteiger partial charge in [0.15, 0.2) is 0 Å². The van der Waals surface area contributed by atoms with E-state index in [1.807, 2.05) is 7.05 Å². The molecule has 15 heavy (non-hydrogen) atoms. The van der Waals surface area contributed by atoms with Crippen LogP contribution in [-0.2, 0) is 18.4 Å². The van der Waals surface area contributed by atoms with Crippen LogP contribution in [0.3, 0.4) is 0 Å². The Hall–Kier alpha value is -1.43. The first kappa shape index (κ1) is 11.6. The Kier molecular flexibility index (Phi) is 4.23. The molecule has 0 atom stereocenters. The van der Waals surface area contributed by atoms with Crippen molar-refractivity contribution in [3.8, 4) is 0 Å². The van der Waals surface area contributed by atoms with Gasteiger partial charge in [0.2, 0.25) is 5.91 Å². The van der Waals surface area contributed by atoms with E-state index in [4.69, 9.17) is 0 Å². The molecule has 1 aromatic heterocycles. The topological polar surface area (TPSA) is 63.1 Å². The first-order chi connectivity index (χ1) is 7.11. The van der Waals surface area contributed by atoms with Crippen LogP contribution in [0.4, 0.5) is 0 Å². The summed E-state index contributed by atoms with van der Waals surface area (Å²) < 4.78 is 1.71. The average Bonchev–Trinajstić information content (AvgIpc) is 2.58. The minimum atomic E-state index is 0.130. The van der Waals surface area contributed by atoms with Crippen LogP contribution in [0.1, 0.15) is 12.1 Å². The highest BCUT2D eigenvalue weighted by molar-refractivity contribution is 5.75. The zero-order valence-electron chi connectivity index (χ0n) is 9.40. The molecule has 1 heterocycles. The van der Waals surface area contributed by atoms with Crippen molar-refractivity contribution in [2.45, 2.75) is 13.0 Å². The van der Waals surface area contributed by atoms with Crippen LogP contribution in [0, 0.1) is 0 Å². The van der Waals surface area contributed by atoms with Crippen LogP contribution in [-0.4, -0.2) is 46.4 Å². The van der Waals surface area contributed by atoms with Crippen molar-refractivity contribution in [3.05, 3.63) is 11.9 Å². The molecule has 0 aliphatic heterocycles. The van der Waals surface area contributed by atoms with Gasteiger partial charge in [-0.2, -0.15) is 0 Å². The summed E-state index contributed by atoms with van der Waals surface area (Å²) in [4.78, 5) is 12.8. The summed E-state index contributed by atoms with van der Waals surface area (Å²) in [6.45, 7) is 1.35. The molecule has 84 valence electrons. The third kappa shape index (κ3) is 3.67. The summed E-state index contributed by atoms with van der Waals surface area (Å²) >= 11 is 0. The van der Waals surface area contributed by atoms with Crippen LogP contribution < -0.4 is 5.32 Å². The van der Waals surface area contributed by atoms with Crippen molar-refractivity contribution >= 4 is 5.91 Å². The van der Waals surface area contributed by atoms with Crippen molar-refractivity contribution in [1.82, 2.24) is 25.2 Å². The van der Waals surface area contributed by atoms with E-state index in [0.717, 1.165) is 5.69 Å². The van der Waals surface area contributed by atoms with E-state index in [0.29, 0.717) is 19.5 Å². The molecule has 0 fully saturated rings. The molecule has 0 saturated heterocycles. The maximum Gasteiger partial charge on any atom is 0.223 e. The van der Waals surface area contributed by atoms with Gasteiger partial charge in [-0.05, 0) is 0 Å². The van der Waals surface area contributed by atoms with E-state index in [1.165, 1.54) is 0 Å². The molecule has 0 bridgehead atoms. The molecule has 0 spiro atoms. The lowest BCUT2D eigenvalue weighted by atomic mass is 10.3. The van der Waals surface area contributed by atoms with Gasteiger partial charge in [0, 0.05) is 40.7 Å². The third-order valence-electron chi connectivity index (χ3n) is 2.13. The van der Waals surface area contributed by atoms with Gasteiger partial charge < -0.3 is 10.2 Å². The number of aryl methyl sites for hydroxylation is 1. The SMILES string of the molecule is CN(C)C(=O)CCNCc1cnnn1C. The second kappa shape index (κ2) is 5.45. The lowest BCUT2D eigenvalue weighted by Crippen LogP contribution is -2.26. The van der Waals surface area contributed by atoms with Crippen LogP contribution >= 0.6 is 0 Å². The summed E-state index contributed by atoms with van der Waals surface area (Å²) in [7, 11) is 5.36. The zero-order valence-corrected chi connectivity index (χ0v) is 9.40. The Bertz CT molecular complexity index is 320. The summed E-state index contributed by atoms with van der Waals surface area (Å²) in [5, 5.41) is 10.7. The van der Waals surface area contributed by atoms with Gasteiger partial charge in [-0.3, -0.25) is 9.48 Å². The van der Waals surface area contributed by atoms with Gasteiger partial charge in [-0.1, -0.05) is 5.21 Å². The quantitative estimate of drug-likeness (QED) is 0.659. The van der Waals surface area contributed by atoms with Gasteiger partial charge >= 0.3 is 0 Å². The maximum atomic E-state index is 11.2. The van der Waals surface area contributed by atoms with Crippen molar-refractivity contribution in [2.75, 3.05) is 20.6 Å². The molecular formula is C9H17N5O. The number of carbonyl (C=O) groups is 1. The second-order valence-electron chi connectivity index (χ2n) is 3.56. The van der Waals surface area contributed by atoms with E-state index >= 15 is 0 Å². The van der Waals surface area contributed by atoms with Gasteiger partial charge in [0.25, 0.3) is 0 Å². The summed E-state index contributed by atoms with van der Waals surface area (Å²) in [6.07, 6.45) is 2.22. The number of rotatable bonds is 5. The van der Waals surface area contributed by atoms with Crippen LogP contribution in [0.5, 0.6) is 0 Å². The van der Waals surface area contributed by atoms with Crippen LogP contribution in [0.25, 0.3) is 0 Å². The molecule has 0 radical (unpaired) electrons. The average molecular weight is 211 g/mol. The summed E-state index contributed by atoms with van der Waals surface area (Å²) in [5.74, 6) is 0.130. The Morgan fingerprint density at radius 1 is 1.60 bits per heavy atom. The van der Waals surface area contributed by atoms with E-state index in [2.05, 4.69) is 15.6 Å². The predicted octanol–water partition coefficient (Wildman–Crippen LogP) is -0.617. The number of amides is 1. The number of aromatic nitrogens is 3. The van der Waals surface area contributed by atoms with Gasteiger partial charge in [0.05, 0.1) is 11.9 Å². The predicted molar refractivity (Wildman–Crippen MR) is 56.0 cm³/mol. The largest absolute Gasteiger partial charge is 0.349 e. The van der Waals surface area contributed by atoms with Crippen molar-refractivity contribution < 1.29 is 4.79 Å². The molecule has 1 N–H and O–H groups in total. The first-order valence-electron chi connectivity index (χ1n) is 4.85. The van der Waals surface area contributed by atoms with Crippen LogP contribution in [0.2, 0.25) is 0 Å². The highest BCUT2D eigenvalue weighted by Gasteiger charge is 2.03. The highest BCUT2D eigenvalue weighted by atomic mass is 16.2. The normalized spacial score (nSPS) is 10.3. The Morgan fingerprint density at radius 2 is 2.33 bits per heavy atom. The molecular weight excluding hydrogens is 194 g/mol. The molecule has 0 unspecified atom stereocenters. The highest BCUT2D eigenvalue weighted by Crippen LogP contribution is 1.92. The number of nitrogens with one attached hydrogen (secondary N) is 1. The maximum absolute atomic E-state index is 11.2. The van der Waals surface area contributed by atoms with E-state index < -0.39 is 0 Å². The Balaban J connectivity index is 2.18. The standard InChI is InChI=1S/C9H17N5O/c1-13(2)9(15)4-5-10-6-8-7-11-12-14(8)3/h7,10H,4-6H2,1-3H3. The van der Waals surface area contributed by atoms with Crippen molar-refractivity contribution in [3.63, 3.8) is 0 Å². The smallest absolute Gasteiger partial charge is 0.223 e.